The van der Waals surface area contributed by atoms with Crippen LogP contribution in [0.25, 0.3) is 0 Å². The predicted molar refractivity (Wildman–Crippen MR) is 74.1 cm³/mol. The van der Waals surface area contributed by atoms with Gasteiger partial charge in [-0.15, -0.1) is 0 Å². The summed E-state index contributed by atoms with van der Waals surface area (Å²) < 4.78 is 26.5. The highest BCUT2D eigenvalue weighted by Gasteiger charge is 2.17. The number of carbonyl (C=O) groups excluding carboxylic acids is 1. The van der Waals surface area contributed by atoms with E-state index in [1.54, 1.807) is 27.1 Å². The van der Waals surface area contributed by atoms with E-state index >= 15 is 0 Å². The van der Waals surface area contributed by atoms with Crippen molar-refractivity contribution in [3.05, 3.63) is 23.8 Å². The van der Waals surface area contributed by atoms with Gasteiger partial charge >= 0.3 is 0 Å². The summed E-state index contributed by atoms with van der Waals surface area (Å²) in [5.41, 5.74) is 6.67. The smallest absolute Gasteiger partial charge is 0.240 e. The molecule has 0 aliphatic heterocycles. The molecule has 0 unspecified atom stereocenters. The average Bonchev–Trinajstić information content (AvgIpc) is 2.27. The summed E-state index contributed by atoms with van der Waals surface area (Å²) in [6, 6.07) is 4.59. The van der Waals surface area contributed by atoms with E-state index in [0.29, 0.717) is 11.3 Å². The highest BCUT2D eigenvalue weighted by atomic mass is 32.2. The third kappa shape index (κ3) is 4.22. The average molecular weight is 285 g/mol. The summed E-state index contributed by atoms with van der Waals surface area (Å²) >= 11 is 0. The van der Waals surface area contributed by atoms with E-state index in [-0.39, 0.29) is 23.8 Å². The maximum atomic E-state index is 12.0. The van der Waals surface area contributed by atoms with Crippen molar-refractivity contribution in [2.45, 2.75) is 18.2 Å². The first-order valence-corrected chi connectivity index (χ1v) is 7.28. The van der Waals surface area contributed by atoms with Crippen molar-refractivity contribution < 1.29 is 13.2 Å². The van der Waals surface area contributed by atoms with Gasteiger partial charge in [-0.2, -0.15) is 0 Å². The van der Waals surface area contributed by atoms with Crippen LogP contribution in [0.15, 0.2) is 23.1 Å². The molecule has 0 atom stereocenters. The van der Waals surface area contributed by atoms with Crippen LogP contribution in [-0.2, 0) is 14.8 Å². The minimum absolute atomic E-state index is 0.0726. The van der Waals surface area contributed by atoms with Crippen molar-refractivity contribution in [3.63, 3.8) is 0 Å². The lowest BCUT2D eigenvalue weighted by atomic mass is 10.2. The Kier molecular flexibility index (Phi) is 4.90. The Balaban J connectivity index is 2.74. The normalized spacial score (nSPS) is 11.3. The monoisotopic (exact) mass is 285 g/mol. The Labute approximate surface area is 113 Å². The molecule has 7 heteroatoms. The van der Waals surface area contributed by atoms with Gasteiger partial charge in [-0.1, -0.05) is 0 Å². The fourth-order valence-electron chi connectivity index (χ4n) is 1.57. The highest BCUT2D eigenvalue weighted by molar-refractivity contribution is 7.89. The van der Waals surface area contributed by atoms with E-state index in [0.717, 1.165) is 0 Å². The van der Waals surface area contributed by atoms with Gasteiger partial charge in [0.25, 0.3) is 0 Å². The lowest BCUT2D eigenvalue weighted by molar-refractivity contribution is -0.128. The fourth-order valence-corrected chi connectivity index (χ4v) is 2.82. The molecule has 19 heavy (non-hydrogen) atoms. The van der Waals surface area contributed by atoms with Crippen LogP contribution in [-0.4, -0.2) is 39.9 Å². The van der Waals surface area contributed by atoms with Crippen molar-refractivity contribution in [1.82, 2.24) is 9.62 Å². The molecular weight excluding hydrogens is 266 g/mol. The molecule has 1 rings (SSSR count). The van der Waals surface area contributed by atoms with E-state index in [2.05, 4.69) is 4.72 Å². The van der Waals surface area contributed by atoms with Crippen molar-refractivity contribution in [3.8, 4) is 0 Å². The standard InChI is InChI=1S/C12H19N3O3S/c1-9-8-10(13)4-5-11(9)19(17,18)14-7-6-12(16)15(2)3/h4-5,8,14H,6-7,13H2,1-3H3. The largest absolute Gasteiger partial charge is 0.399 e. The number of amides is 1. The third-order valence-electron chi connectivity index (χ3n) is 2.62. The number of benzene rings is 1. The molecule has 0 heterocycles. The molecule has 1 aromatic carbocycles. The maximum absolute atomic E-state index is 12.0. The zero-order valence-corrected chi connectivity index (χ0v) is 12.1. The molecule has 0 spiro atoms. The molecule has 3 N–H and O–H groups in total. The van der Waals surface area contributed by atoms with Crippen LogP contribution in [0.3, 0.4) is 0 Å². The summed E-state index contributed by atoms with van der Waals surface area (Å²) in [7, 11) is -0.353. The molecule has 0 radical (unpaired) electrons. The molecule has 1 amide bonds. The molecule has 0 saturated heterocycles. The van der Waals surface area contributed by atoms with Crippen LogP contribution in [0.2, 0.25) is 0 Å². The second kappa shape index (κ2) is 6.03. The number of nitrogens with one attached hydrogen (secondary N) is 1. The second-order valence-electron chi connectivity index (χ2n) is 4.46. The number of aryl methyl sites for hydroxylation is 1. The van der Waals surface area contributed by atoms with Crippen molar-refractivity contribution >= 4 is 21.6 Å². The van der Waals surface area contributed by atoms with Gasteiger partial charge in [0.1, 0.15) is 0 Å². The van der Waals surface area contributed by atoms with Gasteiger partial charge in [0.2, 0.25) is 15.9 Å². The van der Waals surface area contributed by atoms with Gasteiger partial charge in [0, 0.05) is 32.7 Å². The van der Waals surface area contributed by atoms with Gasteiger partial charge < -0.3 is 10.6 Å². The maximum Gasteiger partial charge on any atom is 0.240 e. The molecular formula is C12H19N3O3S. The zero-order valence-electron chi connectivity index (χ0n) is 11.3. The number of carbonyl (C=O) groups is 1. The Bertz CT molecular complexity index is 568. The van der Waals surface area contributed by atoms with E-state index < -0.39 is 10.0 Å². The number of hydrogen-bond donors (Lipinski definition) is 2. The topological polar surface area (TPSA) is 92.5 Å². The third-order valence-corrected chi connectivity index (χ3v) is 4.24. The van der Waals surface area contributed by atoms with Gasteiger partial charge in [-0.25, -0.2) is 13.1 Å². The summed E-state index contributed by atoms with van der Waals surface area (Å²) in [5, 5.41) is 0. The van der Waals surface area contributed by atoms with Crippen LogP contribution in [0, 0.1) is 6.92 Å². The van der Waals surface area contributed by atoms with E-state index in [1.165, 1.54) is 17.0 Å². The SMILES string of the molecule is Cc1cc(N)ccc1S(=O)(=O)NCCC(=O)N(C)C. The second-order valence-corrected chi connectivity index (χ2v) is 6.20. The van der Waals surface area contributed by atoms with Crippen LogP contribution >= 0.6 is 0 Å². The van der Waals surface area contributed by atoms with Crippen LogP contribution in [0.4, 0.5) is 5.69 Å². The first-order chi connectivity index (χ1) is 8.74. The molecule has 0 aliphatic carbocycles. The van der Waals surface area contributed by atoms with Gasteiger partial charge in [0.15, 0.2) is 0 Å². The van der Waals surface area contributed by atoms with Crippen LogP contribution in [0.1, 0.15) is 12.0 Å². The summed E-state index contributed by atoms with van der Waals surface area (Å²) in [6.45, 7) is 1.75. The summed E-state index contributed by atoms with van der Waals surface area (Å²) in [4.78, 5) is 13.0. The van der Waals surface area contributed by atoms with Crippen LogP contribution < -0.4 is 10.5 Å². The first-order valence-electron chi connectivity index (χ1n) is 5.80. The number of nitrogens with two attached hydrogens (primary N) is 1. The van der Waals surface area contributed by atoms with Crippen LogP contribution in [0.5, 0.6) is 0 Å². The first kappa shape index (κ1) is 15.5. The quantitative estimate of drug-likeness (QED) is 0.763. The number of sulfonamides is 1. The van der Waals surface area contributed by atoms with Gasteiger partial charge in [-0.3, -0.25) is 4.79 Å². The summed E-state index contributed by atoms with van der Waals surface area (Å²) in [6.07, 6.45) is 0.125. The lowest BCUT2D eigenvalue weighted by Gasteiger charge is -2.12. The molecule has 1 aromatic rings. The number of anilines is 1. The Hall–Kier alpha value is -1.60. The number of nitrogen functional groups attached to an aromatic ring is 1. The zero-order chi connectivity index (χ0) is 14.6. The number of nitrogens with zero attached hydrogens (tertiary/aromatic N) is 1. The molecule has 106 valence electrons. The molecule has 6 nitrogen and oxygen atoms in total. The predicted octanol–water partition coefficient (Wildman–Crippen LogP) is 0.334. The lowest BCUT2D eigenvalue weighted by Crippen LogP contribution is -2.30. The Morgan fingerprint density at radius 3 is 2.53 bits per heavy atom. The minimum atomic E-state index is -3.61. The fraction of sp³-hybridized carbons (Fsp3) is 0.417. The number of hydrogen-bond acceptors (Lipinski definition) is 4. The highest BCUT2D eigenvalue weighted by Crippen LogP contribution is 2.17. The van der Waals surface area contributed by atoms with Crippen molar-refractivity contribution in [1.29, 1.82) is 0 Å². The summed E-state index contributed by atoms with van der Waals surface area (Å²) in [5.74, 6) is -0.128. The molecule has 0 aromatic heterocycles. The van der Waals surface area contributed by atoms with Crippen molar-refractivity contribution in [2.24, 2.45) is 0 Å². The minimum Gasteiger partial charge on any atom is -0.399 e. The molecule has 0 aliphatic rings. The van der Waals surface area contributed by atoms with E-state index in [4.69, 9.17) is 5.73 Å². The Morgan fingerprint density at radius 1 is 1.37 bits per heavy atom. The molecule has 0 bridgehead atoms. The van der Waals surface area contributed by atoms with E-state index in [9.17, 15) is 13.2 Å². The molecule has 0 fully saturated rings. The Morgan fingerprint density at radius 2 is 2.00 bits per heavy atom. The molecule has 0 saturated carbocycles. The van der Waals surface area contributed by atoms with E-state index in [1.807, 2.05) is 0 Å². The van der Waals surface area contributed by atoms with Gasteiger partial charge in [0.05, 0.1) is 4.90 Å². The number of rotatable bonds is 5. The van der Waals surface area contributed by atoms with Crippen molar-refractivity contribution in [2.75, 3.05) is 26.4 Å². The van der Waals surface area contributed by atoms with Gasteiger partial charge in [-0.05, 0) is 30.7 Å².